The molecular formula is C24H30FN5O2. The fraction of sp³-hybridized carbons (Fsp3) is 0.292. The number of nitrogens with zero attached hydrogens (tertiary/aromatic N) is 2. The number of aryl methyl sites for hydroxylation is 1. The minimum Gasteiger partial charge on any atom is -0.398 e. The number of allylic oxidation sites excluding steroid dienone is 2. The lowest BCUT2D eigenvalue weighted by Gasteiger charge is -2.18. The molecule has 4 N–H and O–H groups in total. The topological polar surface area (TPSA) is 102 Å². The molecule has 2 rings (SSSR count). The van der Waals surface area contributed by atoms with E-state index in [4.69, 9.17) is 5.73 Å². The van der Waals surface area contributed by atoms with E-state index in [9.17, 15) is 14.0 Å². The molecule has 0 saturated carbocycles. The summed E-state index contributed by atoms with van der Waals surface area (Å²) in [6.07, 6.45) is 5.98. The fourth-order valence-electron chi connectivity index (χ4n) is 2.75. The number of benzene rings is 1. The van der Waals surface area contributed by atoms with Crippen LogP contribution in [0.5, 0.6) is 0 Å². The minimum atomic E-state index is -0.565. The van der Waals surface area contributed by atoms with Crippen molar-refractivity contribution in [3.05, 3.63) is 77.3 Å². The van der Waals surface area contributed by atoms with Crippen molar-refractivity contribution in [1.29, 1.82) is 0 Å². The smallest absolute Gasteiger partial charge is 0.256 e. The van der Waals surface area contributed by atoms with Crippen LogP contribution in [0, 0.1) is 18.2 Å². The van der Waals surface area contributed by atoms with E-state index in [1.165, 1.54) is 29.0 Å². The number of amides is 2. The van der Waals surface area contributed by atoms with Crippen molar-refractivity contribution in [3.63, 3.8) is 0 Å². The van der Waals surface area contributed by atoms with Crippen molar-refractivity contribution in [2.45, 2.75) is 27.7 Å². The molecule has 0 bridgehead atoms. The van der Waals surface area contributed by atoms with Gasteiger partial charge in [0.1, 0.15) is 11.6 Å². The zero-order valence-electron chi connectivity index (χ0n) is 19.1. The molecule has 0 aliphatic heterocycles. The summed E-state index contributed by atoms with van der Waals surface area (Å²) in [4.78, 5) is 25.0. The summed E-state index contributed by atoms with van der Waals surface area (Å²) in [6, 6.07) is 4.30. The maximum atomic E-state index is 14.5. The average molecular weight is 440 g/mol. The van der Waals surface area contributed by atoms with E-state index in [0.717, 1.165) is 6.07 Å². The standard InChI is InChI=1S/C24H30FN5O2/c1-7-16(22(31)27-14-24(3,4)5)8-9-20(26)18-12-17(13-19(25)15(18)2)23(32)29-21-10-11-28-30(21)6/h7-13H,1,14,26H2,2-6H3,(H,27,31)(H,29,32)/b16-8+,20-9-. The normalized spacial score (nSPS) is 12.4. The summed E-state index contributed by atoms with van der Waals surface area (Å²) in [5.74, 6) is -0.873. The van der Waals surface area contributed by atoms with Crippen LogP contribution in [0.4, 0.5) is 10.2 Å². The van der Waals surface area contributed by atoms with Crippen LogP contribution < -0.4 is 16.4 Å². The molecule has 0 radical (unpaired) electrons. The van der Waals surface area contributed by atoms with Crippen molar-refractivity contribution in [2.75, 3.05) is 11.9 Å². The lowest BCUT2D eigenvalue weighted by Crippen LogP contribution is -2.32. The van der Waals surface area contributed by atoms with Crippen molar-refractivity contribution in [3.8, 4) is 0 Å². The Balaban J connectivity index is 2.30. The second kappa shape index (κ2) is 10.1. The Morgan fingerprint density at radius 3 is 2.53 bits per heavy atom. The summed E-state index contributed by atoms with van der Waals surface area (Å²) in [7, 11) is 1.68. The molecule has 0 spiro atoms. The van der Waals surface area contributed by atoms with Gasteiger partial charge in [-0.05, 0) is 42.2 Å². The Labute approximate surface area is 187 Å². The largest absolute Gasteiger partial charge is 0.398 e. The second-order valence-corrected chi connectivity index (χ2v) is 8.62. The van der Waals surface area contributed by atoms with E-state index in [0.29, 0.717) is 29.1 Å². The van der Waals surface area contributed by atoms with Gasteiger partial charge in [0.2, 0.25) is 0 Å². The van der Waals surface area contributed by atoms with Crippen molar-refractivity contribution in [2.24, 2.45) is 18.2 Å². The number of anilines is 1. The van der Waals surface area contributed by atoms with Gasteiger partial charge < -0.3 is 16.4 Å². The van der Waals surface area contributed by atoms with Crippen LogP contribution in [-0.4, -0.2) is 28.1 Å². The number of hydrogen-bond acceptors (Lipinski definition) is 4. The molecule has 1 aromatic heterocycles. The minimum absolute atomic E-state index is 0.0675. The van der Waals surface area contributed by atoms with Crippen LogP contribution >= 0.6 is 0 Å². The number of aromatic nitrogens is 2. The zero-order chi connectivity index (χ0) is 24.1. The molecule has 1 aromatic carbocycles. The van der Waals surface area contributed by atoms with Gasteiger partial charge in [-0.25, -0.2) is 4.39 Å². The molecule has 2 amide bonds. The average Bonchev–Trinajstić information content (AvgIpc) is 3.12. The lowest BCUT2D eigenvalue weighted by molar-refractivity contribution is -0.117. The first kappa shape index (κ1) is 24.6. The summed E-state index contributed by atoms with van der Waals surface area (Å²) < 4.78 is 16.0. The summed E-state index contributed by atoms with van der Waals surface area (Å²) in [5, 5.41) is 9.50. The molecule has 1 heterocycles. The first-order valence-electron chi connectivity index (χ1n) is 10.1. The zero-order valence-corrected chi connectivity index (χ0v) is 19.1. The quantitative estimate of drug-likeness (QED) is 0.452. The monoisotopic (exact) mass is 439 g/mol. The predicted octanol–water partition coefficient (Wildman–Crippen LogP) is 3.69. The van der Waals surface area contributed by atoms with Crippen LogP contribution in [0.2, 0.25) is 0 Å². The van der Waals surface area contributed by atoms with Crippen LogP contribution in [0.1, 0.15) is 42.3 Å². The Hall–Kier alpha value is -3.68. The Bertz CT molecular complexity index is 1090. The highest BCUT2D eigenvalue weighted by atomic mass is 19.1. The molecule has 0 atom stereocenters. The van der Waals surface area contributed by atoms with E-state index in [1.807, 2.05) is 20.8 Å². The molecular weight excluding hydrogens is 409 g/mol. The van der Waals surface area contributed by atoms with Crippen LogP contribution in [0.15, 0.2) is 54.8 Å². The molecule has 2 aromatic rings. The van der Waals surface area contributed by atoms with Gasteiger partial charge in [0.05, 0.1) is 6.20 Å². The Morgan fingerprint density at radius 2 is 1.97 bits per heavy atom. The summed E-state index contributed by atoms with van der Waals surface area (Å²) in [6.45, 7) is 11.8. The van der Waals surface area contributed by atoms with Gasteiger partial charge in [-0.1, -0.05) is 33.4 Å². The SMILES string of the molecule is C=C/C(=C\C=C(/N)c1cc(C(=O)Nc2ccnn2C)cc(F)c1C)C(=O)NCC(C)(C)C. The number of nitrogens with one attached hydrogen (secondary N) is 2. The third-order valence-corrected chi connectivity index (χ3v) is 4.68. The van der Waals surface area contributed by atoms with Crippen LogP contribution in [0.25, 0.3) is 5.70 Å². The highest BCUT2D eigenvalue weighted by molar-refractivity contribution is 6.04. The second-order valence-electron chi connectivity index (χ2n) is 8.62. The van der Waals surface area contributed by atoms with Crippen molar-refractivity contribution >= 4 is 23.3 Å². The van der Waals surface area contributed by atoms with Crippen molar-refractivity contribution in [1.82, 2.24) is 15.1 Å². The number of rotatable bonds is 7. The molecule has 0 unspecified atom stereocenters. The van der Waals surface area contributed by atoms with E-state index >= 15 is 0 Å². The number of carbonyl (C=O) groups is 2. The van der Waals surface area contributed by atoms with Gasteiger partial charge in [0.15, 0.2) is 0 Å². The van der Waals surface area contributed by atoms with Crippen molar-refractivity contribution < 1.29 is 14.0 Å². The molecule has 7 nitrogen and oxygen atoms in total. The molecule has 0 saturated heterocycles. The molecule has 170 valence electrons. The fourth-order valence-corrected chi connectivity index (χ4v) is 2.75. The third kappa shape index (κ3) is 6.41. The summed E-state index contributed by atoms with van der Waals surface area (Å²) in [5.41, 5.74) is 7.40. The maximum absolute atomic E-state index is 14.5. The van der Waals surface area contributed by atoms with Gasteiger partial charge in [-0.15, -0.1) is 0 Å². The van der Waals surface area contributed by atoms with E-state index in [2.05, 4.69) is 22.3 Å². The first-order chi connectivity index (χ1) is 14.9. The van der Waals surface area contributed by atoms with Crippen LogP contribution in [-0.2, 0) is 11.8 Å². The van der Waals surface area contributed by atoms with Gasteiger partial charge in [-0.2, -0.15) is 5.10 Å². The number of carbonyl (C=O) groups excluding carboxylic acids is 2. The highest BCUT2D eigenvalue weighted by Crippen LogP contribution is 2.22. The van der Waals surface area contributed by atoms with E-state index in [1.54, 1.807) is 26.2 Å². The van der Waals surface area contributed by atoms with Gasteiger partial charge >= 0.3 is 0 Å². The number of hydrogen-bond donors (Lipinski definition) is 3. The van der Waals surface area contributed by atoms with E-state index < -0.39 is 11.7 Å². The molecule has 32 heavy (non-hydrogen) atoms. The predicted molar refractivity (Wildman–Crippen MR) is 125 cm³/mol. The Kier molecular flexibility index (Phi) is 7.75. The molecule has 0 aliphatic carbocycles. The first-order valence-corrected chi connectivity index (χ1v) is 10.1. The number of halogens is 1. The molecule has 0 aliphatic rings. The highest BCUT2D eigenvalue weighted by Gasteiger charge is 2.16. The lowest BCUT2D eigenvalue weighted by atomic mass is 9.97. The number of nitrogens with two attached hydrogens (primary N) is 1. The Morgan fingerprint density at radius 1 is 1.28 bits per heavy atom. The van der Waals surface area contributed by atoms with E-state index in [-0.39, 0.29) is 22.6 Å². The third-order valence-electron chi connectivity index (χ3n) is 4.68. The van der Waals surface area contributed by atoms with Gasteiger partial charge in [0, 0.05) is 42.1 Å². The van der Waals surface area contributed by atoms with Crippen LogP contribution in [0.3, 0.4) is 0 Å². The van der Waals surface area contributed by atoms with Gasteiger partial charge in [-0.3, -0.25) is 14.3 Å². The molecule has 0 fully saturated rings. The molecule has 8 heteroatoms. The van der Waals surface area contributed by atoms with Gasteiger partial charge in [0.25, 0.3) is 11.8 Å². The maximum Gasteiger partial charge on any atom is 0.256 e. The summed E-state index contributed by atoms with van der Waals surface area (Å²) >= 11 is 0.